The van der Waals surface area contributed by atoms with Crippen molar-refractivity contribution in [2.24, 2.45) is 10.9 Å². The number of nitriles is 1. The van der Waals surface area contributed by atoms with Crippen LogP contribution in [-0.4, -0.2) is 47.7 Å². The molecule has 1 saturated heterocycles. The van der Waals surface area contributed by atoms with E-state index in [1.807, 2.05) is 48.7 Å². The van der Waals surface area contributed by atoms with Crippen molar-refractivity contribution in [3.63, 3.8) is 0 Å². The van der Waals surface area contributed by atoms with Gasteiger partial charge in [0.05, 0.1) is 22.7 Å². The number of dihydropyridines is 1. The molecule has 4 heterocycles. The quantitative estimate of drug-likeness (QED) is 0.502. The van der Waals surface area contributed by atoms with Crippen LogP contribution in [0.4, 0.5) is 11.5 Å². The highest BCUT2D eigenvalue weighted by atomic mass is 16.2. The van der Waals surface area contributed by atoms with Crippen LogP contribution in [-0.2, 0) is 10.2 Å². The highest BCUT2D eigenvalue weighted by molar-refractivity contribution is 6.12. The summed E-state index contributed by atoms with van der Waals surface area (Å²) in [4.78, 5) is 27.7. The number of anilines is 2. The zero-order valence-corrected chi connectivity index (χ0v) is 20.9. The van der Waals surface area contributed by atoms with E-state index in [0.29, 0.717) is 30.1 Å². The summed E-state index contributed by atoms with van der Waals surface area (Å²) < 4.78 is 0. The van der Waals surface area contributed by atoms with Crippen LogP contribution in [0.1, 0.15) is 30.9 Å². The SMILES string of the molecule is CC1C=CC=NC1CN1CCC2(CC1)C(=O)N(c1ccc(-c3ccccc3)cc1)c1ncc(C#N)cc12. The van der Waals surface area contributed by atoms with E-state index in [9.17, 15) is 10.1 Å². The molecule has 1 fully saturated rings. The van der Waals surface area contributed by atoms with Gasteiger partial charge in [-0.05, 0) is 67.3 Å². The number of hydrogen-bond acceptors (Lipinski definition) is 5. The molecule has 0 aliphatic carbocycles. The number of hydrogen-bond donors (Lipinski definition) is 0. The van der Waals surface area contributed by atoms with E-state index < -0.39 is 5.41 Å². The van der Waals surface area contributed by atoms with Gasteiger partial charge in [-0.15, -0.1) is 0 Å². The first kappa shape index (κ1) is 23.3. The van der Waals surface area contributed by atoms with Crippen molar-refractivity contribution in [1.82, 2.24) is 9.88 Å². The van der Waals surface area contributed by atoms with Gasteiger partial charge in [0.2, 0.25) is 5.91 Å². The molecule has 2 aromatic carbocycles. The van der Waals surface area contributed by atoms with Gasteiger partial charge in [0.25, 0.3) is 0 Å². The smallest absolute Gasteiger partial charge is 0.243 e. The van der Waals surface area contributed by atoms with E-state index in [4.69, 9.17) is 0 Å². The number of carbonyl (C=O) groups excluding carboxylic acids is 1. The number of amides is 1. The maximum Gasteiger partial charge on any atom is 0.243 e. The largest absolute Gasteiger partial charge is 0.301 e. The lowest BCUT2D eigenvalue weighted by molar-refractivity contribution is -0.124. The second-order valence-electron chi connectivity index (χ2n) is 10.3. The van der Waals surface area contributed by atoms with Crippen molar-refractivity contribution in [2.75, 3.05) is 24.5 Å². The molecular formula is C31H29N5O. The third-order valence-electron chi connectivity index (χ3n) is 8.11. The molecule has 2 atom stereocenters. The van der Waals surface area contributed by atoms with E-state index >= 15 is 0 Å². The average molecular weight is 488 g/mol. The molecule has 1 spiro atoms. The van der Waals surface area contributed by atoms with Gasteiger partial charge in [-0.2, -0.15) is 5.26 Å². The van der Waals surface area contributed by atoms with Gasteiger partial charge in [0.15, 0.2) is 0 Å². The summed E-state index contributed by atoms with van der Waals surface area (Å²) in [5.74, 6) is 1.12. The Balaban J connectivity index is 1.29. The summed E-state index contributed by atoms with van der Waals surface area (Å²) in [6.07, 6.45) is 9.09. The minimum absolute atomic E-state index is 0.0594. The highest BCUT2D eigenvalue weighted by Gasteiger charge is 2.53. The van der Waals surface area contributed by atoms with Crippen molar-refractivity contribution in [3.8, 4) is 17.2 Å². The van der Waals surface area contributed by atoms with Gasteiger partial charge >= 0.3 is 0 Å². The number of piperidine rings is 1. The number of fused-ring (bicyclic) bond motifs is 2. The molecule has 1 amide bonds. The zero-order valence-electron chi connectivity index (χ0n) is 20.9. The Labute approximate surface area is 217 Å². The molecule has 6 heteroatoms. The molecule has 6 rings (SSSR count). The first-order valence-corrected chi connectivity index (χ1v) is 12.9. The second kappa shape index (κ2) is 9.42. The summed E-state index contributed by atoms with van der Waals surface area (Å²) in [5.41, 5.74) is 3.75. The van der Waals surface area contributed by atoms with Crippen LogP contribution >= 0.6 is 0 Å². The van der Waals surface area contributed by atoms with Crippen LogP contribution in [0.3, 0.4) is 0 Å². The normalized spacial score (nSPS) is 22.3. The molecule has 6 nitrogen and oxygen atoms in total. The van der Waals surface area contributed by atoms with Crippen molar-refractivity contribution in [2.45, 2.75) is 31.2 Å². The molecule has 0 N–H and O–H groups in total. The average Bonchev–Trinajstić information content (AvgIpc) is 3.18. The molecule has 2 unspecified atom stereocenters. The van der Waals surface area contributed by atoms with Crippen LogP contribution in [0.15, 0.2) is 84.0 Å². The molecule has 1 aromatic heterocycles. The summed E-state index contributed by atoms with van der Waals surface area (Å²) in [5, 5.41) is 9.58. The summed E-state index contributed by atoms with van der Waals surface area (Å²) in [7, 11) is 0. The molecule has 0 bridgehead atoms. The van der Waals surface area contributed by atoms with E-state index in [1.165, 1.54) is 0 Å². The Morgan fingerprint density at radius 1 is 1.05 bits per heavy atom. The van der Waals surface area contributed by atoms with Crippen LogP contribution in [0.25, 0.3) is 11.1 Å². The van der Waals surface area contributed by atoms with E-state index in [1.54, 1.807) is 11.1 Å². The van der Waals surface area contributed by atoms with Gasteiger partial charge in [-0.25, -0.2) is 4.98 Å². The van der Waals surface area contributed by atoms with E-state index in [0.717, 1.165) is 42.0 Å². The predicted octanol–water partition coefficient (Wildman–Crippen LogP) is 5.28. The molecule has 3 aliphatic rings. The third-order valence-corrected chi connectivity index (χ3v) is 8.11. The number of aromatic nitrogens is 1. The number of benzene rings is 2. The third kappa shape index (κ3) is 4.06. The van der Waals surface area contributed by atoms with Gasteiger partial charge < -0.3 is 4.90 Å². The number of rotatable bonds is 4. The van der Waals surface area contributed by atoms with Crippen LogP contribution in [0, 0.1) is 17.2 Å². The monoisotopic (exact) mass is 487 g/mol. The molecule has 37 heavy (non-hydrogen) atoms. The maximum absolute atomic E-state index is 14.2. The highest BCUT2D eigenvalue weighted by Crippen LogP contribution is 2.50. The molecular weight excluding hydrogens is 458 g/mol. The van der Waals surface area contributed by atoms with Crippen LogP contribution < -0.4 is 4.90 Å². The first-order chi connectivity index (χ1) is 18.1. The van der Waals surface area contributed by atoms with Crippen molar-refractivity contribution >= 4 is 23.6 Å². The lowest BCUT2D eigenvalue weighted by Gasteiger charge is -2.39. The maximum atomic E-state index is 14.2. The number of nitrogens with zero attached hydrogens (tertiary/aromatic N) is 5. The Morgan fingerprint density at radius 3 is 2.49 bits per heavy atom. The molecule has 3 aliphatic heterocycles. The van der Waals surface area contributed by atoms with Gasteiger partial charge in [-0.3, -0.25) is 14.7 Å². The number of pyridine rings is 1. The molecule has 184 valence electrons. The zero-order chi connectivity index (χ0) is 25.4. The summed E-state index contributed by atoms with van der Waals surface area (Å²) in [6.45, 7) is 4.71. The topological polar surface area (TPSA) is 72.6 Å². The first-order valence-electron chi connectivity index (χ1n) is 12.9. The predicted molar refractivity (Wildman–Crippen MR) is 146 cm³/mol. The molecule has 0 radical (unpaired) electrons. The standard InChI is InChI=1S/C31H29N5O/c1-22-6-5-15-33-28(22)21-35-16-13-31(14-17-35)27-18-23(19-32)20-34-29(27)36(30(31)37)26-11-9-25(10-12-26)24-7-3-2-4-8-24/h2-12,15,18,20,22,28H,13-14,16-17,21H2,1H3. The Morgan fingerprint density at radius 2 is 1.78 bits per heavy atom. The second-order valence-corrected chi connectivity index (χ2v) is 10.3. The Kier molecular flexibility index (Phi) is 5.94. The Hall–Kier alpha value is -4.08. The van der Waals surface area contributed by atoms with E-state index in [-0.39, 0.29) is 11.9 Å². The van der Waals surface area contributed by atoms with Crippen molar-refractivity contribution < 1.29 is 4.79 Å². The number of likely N-dealkylation sites (tertiary alicyclic amines) is 1. The molecule has 0 saturated carbocycles. The van der Waals surface area contributed by atoms with Crippen molar-refractivity contribution in [1.29, 1.82) is 5.26 Å². The lowest BCUT2D eigenvalue weighted by atomic mass is 9.73. The number of carbonyl (C=O) groups is 1. The fourth-order valence-corrected chi connectivity index (χ4v) is 5.88. The van der Waals surface area contributed by atoms with Crippen molar-refractivity contribution in [3.05, 3.63) is 90.1 Å². The summed E-state index contributed by atoms with van der Waals surface area (Å²) in [6, 6.07) is 22.6. The van der Waals surface area contributed by atoms with Gasteiger partial charge in [-0.1, -0.05) is 55.5 Å². The van der Waals surface area contributed by atoms with Gasteiger partial charge in [0.1, 0.15) is 11.9 Å². The van der Waals surface area contributed by atoms with Crippen LogP contribution in [0.2, 0.25) is 0 Å². The molecule has 3 aromatic rings. The fourth-order valence-electron chi connectivity index (χ4n) is 5.88. The van der Waals surface area contributed by atoms with Crippen LogP contribution in [0.5, 0.6) is 0 Å². The number of allylic oxidation sites excluding steroid dienone is 1. The lowest BCUT2D eigenvalue weighted by Crippen LogP contribution is -2.49. The fraction of sp³-hybridized carbons (Fsp3) is 0.290. The Bertz CT molecular complexity index is 1410. The minimum Gasteiger partial charge on any atom is -0.301 e. The van der Waals surface area contributed by atoms with E-state index in [2.05, 4.69) is 58.2 Å². The summed E-state index contributed by atoms with van der Waals surface area (Å²) >= 11 is 0. The minimum atomic E-state index is -0.662. The number of aliphatic imine (C=N–C) groups is 1. The van der Waals surface area contributed by atoms with Gasteiger partial charge in [0, 0.05) is 24.5 Å².